The van der Waals surface area contributed by atoms with Gasteiger partial charge in [-0.1, -0.05) is 76.2 Å². The molecule has 2 fully saturated rings. The van der Waals surface area contributed by atoms with Crippen LogP contribution >= 0.6 is 34.0 Å². The number of carboxylic acid groups (broad SMARTS) is 2. The summed E-state index contributed by atoms with van der Waals surface area (Å²) < 4.78 is 104. The minimum Gasteiger partial charge on any atom is -0.480 e. The number of halogens is 7. The molecular formula is C76H91F7N6O15S3. The topological polar surface area (TPSA) is 340 Å². The van der Waals surface area contributed by atoms with E-state index in [2.05, 4.69) is 10.6 Å². The number of nitrogens with zero attached hydrogens (tertiary/aromatic N) is 2. The van der Waals surface area contributed by atoms with Gasteiger partial charge in [-0.15, -0.1) is 34.0 Å². The van der Waals surface area contributed by atoms with E-state index in [9.17, 15) is 88.6 Å². The molecule has 0 bridgehead atoms. The molecule has 2 aliphatic rings. The molecule has 9 rings (SSSR count). The number of aliphatic hydroxyl groups is 1. The van der Waals surface area contributed by atoms with Crippen molar-refractivity contribution >= 4 is 129 Å². The predicted octanol–water partition coefficient (Wildman–Crippen LogP) is 13.7. The van der Waals surface area contributed by atoms with Crippen molar-refractivity contribution in [2.75, 3.05) is 27.4 Å². The zero-order valence-electron chi connectivity index (χ0n) is 61.4. The van der Waals surface area contributed by atoms with Crippen molar-refractivity contribution in [3.8, 4) is 0 Å². The third-order valence-corrected chi connectivity index (χ3v) is 20.8. The summed E-state index contributed by atoms with van der Waals surface area (Å²) in [6.45, 7) is 10.7. The molecule has 0 saturated carbocycles. The minimum absolute atomic E-state index is 0.0202. The van der Waals surface area contributed by atoms with Gasteiger partial charge < -0.3 is 52.0 Å². The van der Waals surface area contributed by atoms with Crippen molar-refractivity contribution in [1.82, 2.24) is 20.4 Å². The van der Waals surface area contributed by atoms with Gasteiger partial charge in [-0.05, 0) is 140 Å². The maximum Gasteiger partial charge on any atom is 0.345 e. The number of likely N-dealkylation sites (tertiary alicyclic amines) is 2. The van der Waals surface area contributed by atoms with Crippen LogP contribution in [-0.2, 0) is 67.5 Å². The zero-order valence-corrected chi connectivity index (χ0v) is 62.9. The summed E-state index contributed by atoms with van der Waals surface area (Å²) >= 11 is 3.45. The molecule has 2 saturated heterocycles. The number of alkyl halides is 7. The second kappa shape index (κ2) is 40.1. The Hall–Kier alpha value is -9.20. The summed E-state index contributed by atoms with van der Waals surface area (Å²) in [5, 5.41) is 31.9. The number of ketones is 2. The number of Topliss-reactive ketones (excluding diaryl/α,β-unsaturated/α-hetero) is 2. The number of carbonyl (C=O) groups excluding carboxylic acids is 9. The fourth-order valence-electron chi connectivity index (χ4n) is 12.2. The Bertz CT molecular complexity index is 4290. The highest BCUT2D eigenvalue weighted by Crippen LogP contribution is 2.38. The maximum absolute atomic E-state index is 13.9. The van der Waals surface area contributed by atoms with Gasteiger partial charge in [-0.3, -0.25) is 42.7 Å². The van der Waals surface area contributed by atoms with E-state index >= 15 is 0 Å². The van der Waals surface area contributed by atoms with Gasteiger partial charge in [0.1, 0.15) is 35.7 Å². The second-order valence-electron chi connectivity index (χ2n) is 26.9. The van der Waals surface area contributed by atoms with Crippen LogP contribution in [-0.4, -0.2) is 142 Å². The largest absolute Gasteiger partial charge is 0.480 e. The number of amides is 6. The number of aliphatic hydroxyl groups excluding tert-OH is 1. The van der Waals surface area contributed by atoms with E-state index in [0.29, 0.717) is 85.1 Å². The number of esters is 1. The Labute approximate surface area is 628 Å². The first kappa shape index (κ1) is 86.7. The fourth-order valence-corrected chi connectivity index (χ4v) is 15.0. The number of primary amides is 2. The lowest BCUT2D eigenvalue weighted by Crippen LogP contribution is -2.52. The van der Waals surface area contributed by atoms with Crippen molar-refractivity contribution < 1.29 is 105 Å². The summed E-state index contributed by atoms with van der Waals surface area (Å²) in [7, 11) is 0. The number of benzene rings is 4. The van der Waals surface area contributed by atoms with E-state index in [-0.39, 0.29) is 108 Å². The molecule has 0 radical (unpaired) electrons. The van der Waals surface area contributed by atoms with Crippen LogP contribution in [0, 0.1) is 23.7 Å². The quantitative estimate of drug-likeness (QED) is 0.0125. The first-order valence-electron chi connectivity index (χ1n) is 35.0. The average Bonchev–Trinajstić information content (AvgIpc) is 1.66. The lowest BCUT2D eigenvalue weighted by atomic mass is 9.90. The van der Waals surface area contributed by atoms with Gasteiger partial charge in [0, 0.05) is 109 Å². The van der Waals surface area contributed by atoms with Crippen LogP contribution in [0.5, 0.6) is 0 Å². The van der Waals surface area contributed by atoms with Crippen molar-refractivity contribution in [3.63, 3.8) is 0 Å². The van der Waals surface area contributed by atoms with Crippen LogP contribution in [0.1, 0.15) is 178 Å². The number of carbonyl (C=O) groups is 11. The molecule has 31 heteroatoms. The van der Waals surface area contributed by atoms with Gasteiger partial charge in [0.05, 0.1) is 18.3 Å². The zero-order chi connectivity index (χ0) is 80.7. The molecule has 5 heterocycles. The molecule has 6 amide bonds. The number of fused-ring (bicyclic) bond motifs is 3. The molecule has 0 spiro atoms. The van der Waals surface area contributed by atoms with Crippen molar-refractivity contribution in [1.29, 1.82) is 0 Å². The van der Waals surface area contributed by atoms with E-state index < -0.39 is 102 Å². The molecule has 107 heavy (non-hydrogen) atoms. The van der Waals surface area contributed by atoms with Gasteiger partial charge in [0.15, 0.2) is 11.6 Å². The van der Waals surface area contributed by atoms with Crippen LogP contribution in [0.3, 0.4) is 0 Å². The molecule has 2 aliphatic heterocycles. The first-order chi connectivity index (χ1) is 50.7. The maximum atomic E-state index is 13.9. The lowest BCUT2D eigenvalue weighted by molar-refractivity contribution is -0.150. The highest BCUT2D eigenvalue weighted by Gasteiger charge is 2.42. The lowest BCUT2D eigenvalue weighted by Gasteiger charge is -2.29. The van der Waals surface area contributed by atoms with Crippen molar-refractivity contribution in [2.45, 2.75) is 174 Å². The molecule has 582 valence electrons. The van der Waals surface area contributed by atoms with Crippen molar-refractivity contribution in [3.05, 3.63) is 140 Å². The van der Waals surface area contributed by atoms with Crippen LogP contribution in [0.25, 0.3) is 30.3 Å². The SMILES string of the molecule is CC(C)C[C@H](CC(=O)c1cc2cc(C(C)(F)F)ccc2s1)C(=O)N1CCC[C@H]1C(=O)N[C@@H](CCC(N)=O)C(=O)O.CC(C)C[C@H](CC(=O)c1cc2cc(C(C)(F)F)ccc2s1)C(=O)N1CCC[C@H]1C(=O)N[C@@H](CCC(N)=O)C(=O)OCc1ccccc1.CC(F)(F)c1ccc2sc(C(=O)O)cc2c1.CO.[2H]CF. The first-order valence-corrected chi connectivity index (χ1v) is 36.7. The Morgan fingerprint density at radius 1 is 0.561 bits per heavy atom. The van der Waals surface area contributed by atoms with Crippen molar-refractivity contribution in [2.24, 2.45) is 35.1 Å². The Kier molecular flexibility index (Phi) is 32.5. The molecule has 4 aromatic carbocycles. The summed E-state index contributed by atoms with van der Waals surface area (Å²) in [5.41, 5.74) is 10.8. The molecule has 7 aromatic rings. The van der Waals surface area contributed by atoms with Gasteiger partial charge in [-0.2, -0.15) is 0 Å². The Morgan fingerprint density at radius 2 is 0.916 bits per heavy atom. The van der Waals surface area contributed by atoms with Gasteiger partial charge in [0.25, 0.3) is 17.8 Å². The number of nitrogens with two attached hydrogens (primary N) is 2. The number of thiophene rings is 3. The Balaban J connectivity index is 0.000000308. The van der Waals surface area contributed by atoms with Gasteiger partial charge >= 0.3 is 17.9 Å². The number of aromatic carboxylic acids is 1. The number of ether oxygens (including phenoxy) is 1. The number of hydrogen-bond acceptors (Lipinski definition) is 16. The predicted molar refractivity (Wildman–Crippen MR) is 394 cm³/mol. The molecule has 0 unspecified atom stereocenters. The second-order valence-corrected chi connectivity index (χ2v) is 30.2. The monoisotopic (exact) mass is 1560 g/mol. The smallest absolute Gasteiger partial charge is 0.345 e. The Morgan fingerprint density at radius 3 is 1.26 bits per heavy atom. The summed E-state index contributed by atoms with van der Waals surface area (Å²) in [5.74, 6) is -17.1. The number of hydrogen-bond donors (Lipinski definition) is 7. The van der Waals surface area contributed by atoms with E-state index in [1.165, 1.54) is 81.0 Å². The molecular weight excluding hydrogens is 1470 g/mol. The third-order valence-electron chi connectivity index (χ3n) is 17.4. The molecule has 9 N–H and O–H groups in total. The molecule has 3 aromatic heterocycles. The highest BCUT2D eigenvalue weighted by atomic mass is 32.1. The van der Waals surface area contributed by atoms with E-state index in [4.69, 9.17) is 27.8 Å². The van der Waals surface area contributed by atoms with Crippen LogP contribution < -0.4 is 22.1 Å². The standard InChI is InChI=1S/C35H41F2N3O6S.C28H35F2N3O6S.C11H8F2O2S.CH3F.CH4O/c1-21(2)16-24(18-28(41)30-19-23-17-25(35(3,36)37)11-13-29(23)47-30)33(44)40-15-7-10-27(40)32(43)39-26(12-14-31(38)42)34(45)46-20-22-8-5-4-6-9-22;1-15(2)11-17(13-21(34)23-14-16-12-18(28(3,29)30)6-8-22(16)40-23)26(37)33-10-4-5-20(33)25(36)32-19(27(38)39)7-9-24(31)35;1-11(12,13)7-2-3-8-6(4-7)5-9(16-8)10(14)15;2*1-2/h4-6,8-9,11,13,17,19,21,24,26-27H,7,10,12,14-16,18,20H2,1-3H3,(H2,38,42)(H,39,43);6,8,12,14-15,17,19-20H,4-5,7,9-11,13H2,1-3H3,(H2,31,35)(H,32,36)(H,38,39);2-5H,1H3,(H,14,15);1H3;2H,1H3/t24-,26+,27+;17-,19+,20+;;;/m11.../s1/i;;;1D;. The third kappa shape index (κ3) is 26.0. The molecule has 0 aliphatic carbocycles. The van der Waals surface area contributed by atoms with Crippen LogP contribution in [0.2, 0.25) is 0 Å². The normalized spacial score (nSPS) is 15.6. The molecule has 6 atom stereocenters. The highest BCUT2D eigenvalue weighted by molar-refractivity contribution is 7.21. The summed E-state index contributed by atoms with van der Waals surface area (Å²) in [4.78, 5) is 142. The van der Waals surface area contributed by atoms with Gasteiger partial charge in [-0.25, -0.2) is 40.7 Å². The van der Waals surface area contributed by atoms with E-state index in [1.807, 2.05) is 33.8 Å². The number of carboxylic acids is 2. The number of aliphatic carboxylic acids is 1. The summed E-state index contributed by atoms with van der Waals surface area (Å²) in [6.07, 6.45) is 1.76. The summed E-state index contributed by atoms with van der Waals surface area (Å²) in [6, 6.07) is 22.1. The minimum atomic E-state index is -3.02. The van der Waals surface area contributed by atoms with Crippen LogP contribution in [0.15, 0.2) is 103 Å². The number of nitrogens with one attached hydrogen (secondary N) is 2. The average molecular weight is 1560 g/mol. The van der Waals surface area contributed by atoms with Crippen LogP contribution in [0.4, 0.5) is 30.7 Å². The van der Waals surface area contributed by atoms with Gasteiger partial charge in [0.2, 0.25) is 35.4 Å². The molecule has 21 nitrogen and oxygen atoms in total. The van der Waals surface area contributed by atoms with E-state index in [1.54, 1.807) is 48.5 Å². The number of rotatable bonds is 30. The van der Waals surface area contributed by atoms with E-state index in [0.717, 1.165) is 44.8 Å². The fraction of sp³-hybridized carbons (Fsp3) is 0.461.